The highest BCUT2D eigenvalue weighted by Crippen LogP contribution is 2.11. The zero-order valence-corrected chi connectivity index (χ0v) is 11.1. The van der Waals surface area contributed by atoms with Crippen LogP contribution in [0.3, 0.4) is 0 Å². The SMILES string of the molecule is CCC(NC(C)Cc1ccsc1)C(C)C. The molecule has 86 valence electrons. The predicted octanol–water partition coefficient (Wildman–Crippen LogP) is 3.70. The lowest BCUT2D eigenvalue weighted by molar-refractivity contribution is 0.351. The molecule has 2 heteroatoms. The molecule has 0 aliphatic rings. The summed E-state index contributed by atoms with van der Waals surface area (Å²) in [6.07, 6.45) is 2.36. The molecule has 0 radical (unpaired) electrons. The second kappa shape index (κ2) is 6.29. The van der Waals surface area contributed by atoms with Crippen LogP contribution in [-0.4, -0.2) is 12.1 Å². The first-order chi connectivity index (χ1) is 7.13. The van der Waals surface area contributed by atoms with Crippen molar-refractivity contribution in [2.75, 3.05) is 0 Å². The van der Waals surface area contributed by atoms with Crippen LogP contribution in [0.15, 0.2) is 16.8 Å². The summed E-state index contributed by atoms with van der Waals surface area (Å²) in [6.45, 7) is 9.12. The maximum Gasteiger partial charge on any atom is 0.00900 e. The first-order valence-corrected chi connectivity index (χ1v) is 6.84. The Bertz CT molecular complexity index is 254. The van der Waals surface area contributed by atoms with E-state index in [0.717, 1.165) is 12.3 Å². The number of hydrogen-bond donors (Lipinski definition) is 1. The molecule has 0 saturated carbocycles. The van der Waals surface area contributed by atoms with Crippen LogP contribution in [0.25, 0.3) is 0 Å². The largest absolute Gasteiger partial charge is 0.311 e. The summed E-state index contributed by atoms with van der Waals surface area (Å²) in [5.74, 6) is 0.722. The molecule has 2 atom stereocenters. The predicted molar refractivity (Wildman–Crippen MR) is 69.5 cm³/mol. The Kier molecular flexibility index (Phi) is 5.34. The third-order valence-electron chi connectivity index (χ3n) is 2.87. The van der Waals surface area contributed by atoms with Gasteiger partial charge in [-0.3, -0.25) is 0 Å². The normalized spacial score (nSPS) is 15.5. The molecule has 0 aliphatic heterocycles. The standard InChI is InChI=1S/C13H23NS/c1-5-13(10(2)3)14-11(4)8-12-6-7-15-9-12/h6-7,9-11,13-14H,5,8H2,1-4H3. The van der Waals surface area contributed by atoms with Crippen LogP contribution < -0.4 is 5.32 Å². The molecule has 0 aromatic carbocycles. The minimum atomic E-state index is 0.576. The second-order valence-electron chi connectivity index (χ2n) is 4.66. The minimum Gasteiger partial charge on any atom is -0.311 e. The van der Waals surface area contributed by atoms with E-state index >= 15 is 0 Å². The number of rotatable bonds is 6. The van der Waals surface area contributed by atoms with Gasteiger partial charge in [0.15, 0.2) is 0 Å². The fourth-order valence-corrected chi connectivity index (χ4v) is 2.65. The summed E-state index contributed by atoms with van der Waals surface area (Å²) in [7, 11) is 0. The van der Waals surface area contributed by atoms with Crippen LogP contribution in [0.4, 0.5) is 0 Å². The van der Waals surface area contributed by atoms with Crippen molar-refractivity contribution < 1.29 is 0 Å². The van der Waals surface area contributed by atoms with E-state index in [1.807, 2.05) is 0 Å². The van der Waals surface area contributed by atoms with E-state index in [1.54, 1.807) is 11.3 Å². The minimum absolute atomic E-state index is 0.576. The molecule has 0 fully saturated rings. The summed E-state index contributed by atoms with van der Waals surface area (Å²) >= 11 is 1.78. The zero-order valence-electron chi connectivity index (χ0n) is 10.3. The molecule has 1 aromatic heterocycles. The van der Waals surface area contributed by atoms with Crippen molar-refractivity contribution in [3.8, 4) is 0 Å². The van der Waals surface area contributed by atoms with Gasteiger partial charge in [0.25, 0.3) is 0 Å². The Morgan fingerprint density at radius 3 is 2.53 bits per heavy atom. The quantitative estimate of drug-likeness (QED) is 0.778. The molecule has 1 N–H and O–H groups in total. The van der Waals surface area contributed by atoms with E-state index in [0.29, 0.717) is 12.1 Å². The van der Waals surface area contributed by atoms with Crippen LogP contribution in [0.5, 0.6) is 0 Å². The molecular weight excluding hydrogens is 202 g/mol. The third kappa shape index (κ3) is 4.35. The summed E-state index contributed by atoms with van der Waals surface area (Å²) in [5.41, 5.74) is 1.46. The van der Waals surface area contributed by atoms with Crippen molar-refractivity contribution in [1.29, 1.82) is 0 Å². The molecular formula is C13H23NS. The van der Waals surface area contributed by atoms with E-state index in [2.05, 4.69) is 49.8 Å². The molecule has 0 aliphatic carbocycles. The number of hydrogen-bond acceptors (Lipinski definition) is 2. The van der Waals surface area contributed by atoms with Gasteiger partial charge in [-0.1, -0.05) is 20.8 Å². The van der Waals surface area contributed by atoms with Gasteiger partial charge < -0.3 is 5.32 Å². The number of thiophene rings is 1. The van der Waals surface area contributed by atoms with E-state index < -0.39 is 0 Å². The fourth-order valence-electron chi connectivity index (χ4n) is 1.97. The van der Waals surface area contributed by atoms with Crippen molar-refractivity contribution in [2.45, 2.75) is 52.6 Å². The van der Waals surface area contributed by atoms with Crippen molar-refractivity contribution >= 4 is 11.3 Å². The van der Waals surface area contributed by atoms with E-state index in [9.17, 15) is 0 Å². The van der Waals surface area contributed by atoms with Gasteiger partial charge in [-0.25, -0.2) is 0 Å². The van der Waals surface area contributed by atoms with Crippen molar-refractivity contribution in [1.82, 2.24) is 5.32 Å². The Morgan fingerprint density at radius 2 is 2.07 bits per heavy atom. The highest BCUT2D eigenvalue weighted by Gasteiger charge is 2.13. The lowest BCUT2D eigenvalue weighted by Gasteiger charge is -2.25. The monoisotopic (exact) mass is 225 g/mol. The summed E-state index contributed by atoms with van der Waals surface area (Å²) in [4.78, 5) is 0. The van der Waals surface area contributed by atoms with E-state index in [-0.39, 0.29) is 0 Å². The van der Waals surface area contributed by atoms with Gasteiger partial charge in [-0.05, 0) is 48.1 Å². The lowest BCUT2D eigenvalue weighted by Crippen LogP contribution is -2.40. The second-order valence-corrected chi connectivity index (χ2v) is 5.44. The first-order valence-electron chi connectivity index (χ1n) is 5.90. The fraction of sp³-hybridized carbons (Fsp3) is 0.692. The van der Waals surface area contributed by atoms with Gasteiger partial charge in [0.1, 0.15) is 0 Å². The molecule has 2 unspecified atom stereocenters. The average molecular weight is 225 g/mol. The molecule has 1 rings (SSSR count). The Labute approximate surface area is 97.9 Å². The first kappa shape index (κ1) is 12.7. The van der Waals surface area contributed by atoms with Crippen molar-refractivity contribution in [3.05, 3.63) is 22.4 Å². The maximum absolute atomic E-state index is 3.71. The van der Waals surface area contributed by atoms with Gasteiger partial charge in [0, 0.05) is 12.1 Å². The maximum atomic E-state index is 3.71. The van der Waals surface area contributed by atoms with Crippen LogP contribution in [0.2, 0.25) is 0 Å². The molecule has 0 saturated heterocycles. The summed E-state index contributed by atoms with van der Waals surface area (Å²) in [6, 6.07) is 3.45. The van der Waals surface area contributed by atoms with Crippen LogP contribution >= 0.6 is 11.3 Å². The van der Waals surface area contributed by atoms with Crippen LogP contribution in [-0.2, 0) is 6.42 Å². The molecule has 1 heterocycles. The topological polar surface area (TPSA) is 12.0 Å². The summed E-state index contributed by atoms with van der Waals surface area (Å²) in [5, 5.41) is 8.11. The Balaban J connectivity index is 2.37. The lowest BCUT2D eigenvalue weighted by atomic mass is 10.00. The highest BCUT2D eigenvalue weighted by molar-refractivity contribution is 7.07. The molecule has 0 bridgehead atoms. The Morgan fingerprint density at radius 1 is 1.33 bits per heavy atom. The van der Waals surface area contributed by atoms with Crippen molar-refractivity contribution in [3.63, 3.8) is 0 Å². The van der Waals surface area contributed by atoms with Gasteiger partial charge >= 0.3 is 0 Å². The highest BCUT2D eigenvalue weighted by atomic mass is 32.1. The van der Waals surface area contributed by atoms with Crippen LogP contribution in [0, 0.1) is 5.92 Å². The van der Waals surface area contributed by atoms with Crippen molar-refractivity contribution in [2.24, 2.45) is 5.92 Å². The molecule has 1 nitrogen and oxygen atoms in total. The molecule has 1 aromatic rings. The van der Waals surface area contributed by atoms with Gasteiger partial charge in [0.05, 0.1) is 0 Å². The van der Waals surface area contributed by atoms with Gasteiger partial charge in [0.2, 0.25) is 0 Å². The number of nitrogens with one attached hydrogen (secondary N) is 1. The van der Waals surface area contributed by atoms with Gasteiger partial charge in [-0.2, -0.15) is 11.3 Å². The zero-order chi connectivity index (χ0) is 11.3. The molecule has 0 amide bonds. The van der Waals surface area contributed by atoms with Crippen LogP contribution in [0.1, 0.15) is 39.7 Å². The van der Waals surface area contributed by atoms with E-state index in [1.165, 1.54) is 12.0 Å². The average Bonchev–Trinajstić information content (AvgIpc) is 2.66. The molecule has 15 heavy (non-hydrogen) atoms. The van der Waals surface area contributed by atoms with E-state index in [4.69, 9.17) is 0 Å². The third-order valence-corrected chi connectivity index (χ3v) is 3.60. The summed E-state index contributed by atoms with van der Waals surface area (Å²) < 4.78 is 0. The van der Waals surface area contributed by atoms with Gasteiger partial charge in [-0.15, -0.1) is 0 Å². The molecule has 0 spiro atoms. The smallest absolute Gasteiger partial charge is 0.00900 e. The Hall–Kier alpha value is -0.340.